The molecule has 0 fully saturated rings. The number of rotatable bonds is 5. The van der Waals surface area contributed by atoms with Crippen LogP contribution in [-0.4, -0.2) is 20.4 Å². The number of hydrogen-bond donors (Lipinski definition) is 1. The van der Waals surface area contributed by atoms with E-state index in [0.29, 0.717) is 18.4 Å². The molecule has 1 unspecified atom stereocenters. The van der Waals surface area contributed by atoms with Gasteiger partial charge in [0.05, 0.1) is 0 Å². The first kappa shape index (κ1) is 14.4. The molecule has 0 saturated heterocycles. The molecule has 1 aromatic rings. The smallest absolute Gasteiger partial charge is 0.147 e. The Kier molecular flexibility index (Phi) is 4.91. The predicted octanol–water partition coefficient (Wildman–Crippen LogP) is 2.30. The van der Waals surface area contributed by atoms with Crippen LogP contribution in [-0.2, 0) is 9.84 Å². The fourth-order valence-electron chi connectivity index (χ4n) is 1.52. The molecule has 0 saturated carbocycles. The highest BCUT2D eigenvalue weighted by atomic mass is 35.5. The van der Waals surface area contributed by atoms with Crippen LogP contribution in [0.4, 0.5) is 4.39 Å². The van der Waals surface area contributed by atoms with Gasteiger partial charge in [-0.05, 0) is 30.5 Å². The minimum atomic E-state index is -2.97. The maximum absolute atomic E-state index is 12.8. The molecular weight excluding hydrogens is 265 g/mol. The first-order valence-corrected chi connectivity index (χ1v) is 7.61. The van der Waals surface area contributed by atoms with Gasteiger partial charge in [-0.15, -0.1) is 0 Å². The zero-order valence-corrected chi connectivity index (χ0v) is 11.1. The summed E-state index contributed by atoms with van der Waals surface area (Å²) in [5.41, 5.74) is 6.51. The highest BCUT2D eigenvalue weighted by Crippen LogP contribution is 2.25. The third kappa shape index (κ3) is 5.02. The second-order valence-electron chi connectivity index (χ2n) is 4.04. The fourth-order valence-corrected chi connectivity index (χ4v) is 2.52. The van der Waals surface area contributed by atoms with Gasteiger partial charge in [0.2, 0.25) is 0 Å². The van der Waals surface area contributed by atoms with Crippen molar-refractivity contribution < 1.29 is 12.8 Å². The standard InChI is InChI=1S/C11H15ClFNO2S/c1-17(15,16)6-2-3-11(14)9-5-4-8(13)7-10(9)12/h4-5,7,11H,2-3,6,14H2,1H3. The summed E-state index contributed by atoms with van der Waals surface area (Å²) in [4.78, 5) is 0. The molecule has 0 amide bonds. The van der Waals surface area contributed by atoms with Gasteiger partial charge in [0, 0.05) is 23.1 Å². The second-order valence-corrected chi connectivity index (χ2v) is 6.71. The van der Waals surface area contributed by atoms with E-state index in [1.54, 1.807) is 0 Å². The van der Waals surface area contributed by atoms with Gasteiger partial charge in [-0.2, -0.15) is 0 Å². The summed E-state index contributed by atoms with van der Waals surface area (Å²) in [6, 6.07) is 3.65. The van der Waals surface area contributed by atoms with Crippen LogP contribution in [0.1, 0.15) is 24.4 Å². The maximum Gasteiger partial charge on any atom is 0.147 e. The van der Waals surface area contributed by atoms with E-state index >= 15 is 0 Å². The molecule has 1 aromatic carbocycles. The summed E-state index contributed by atoms with van der Waals surface area (Å²) in [7, 11) is -2.97. The van der Waals surface area contributed by atoms with Crippen molar-refractivity contribution in [2.24, 2.45) is 5.73 Å². The predicted molar refractivity (Wildman–Crippen MR) is 67.3 cm³/mol. The number of hydrogen-bond acceptors (Lipinski definition) is 3. The SMILES string of the molecule is CS(=O)(=O)CCCC(N)c1ccc(F)cc1Cl. The van der Waals surface area contributed by atoms with Gasteiger partial charge in [0.25, 0.3) is 0 Å². The number of sulfone groups is 1. The van der Waals surface area contributed by atoms with Crippen LogP contribution < -0.4 is 5.73 Å². The van der Waals surface area contributed by atoms with E-state index in [1.807, 2.05) is 0 Å². The molecule has 1 rings (SSSR count). The van der Waals surface area contributed by atoms with Crippen molar-refractivity contribution in [2.45, 2.75) is 18.9 Å². The van der Waals surface area contributed by atoms with E-state index in [-0.39, 0.29) is 16.8 Å². The zero-order valence-electron chi connectivity index (χ0n) is 9.49. The first-order valence-electron chi connectivity index (χ1n) is 5.18. The van der Waals surface area contributed by atoms with Crippen molar-refractivity contribution >= 4 is 21.4 Å². The normalized spacial score (nSPS) is 13.6. The number of halogens is 2. The summed E-state index contributed by atoms with van der Waals surface area (Å²) < 4.78 is 34.7. The largest absolute Gasteiger partial charge is 0.324 e. The minimum Gasteiger partial charge on any atom is -0.324 e. The molecule has 6 heteroatoms. The first-order chi connectivity index (χ1) is 7.79. The molecule has 0 aromatic heterocycles. The average Bonchev–Trinajstić information content (AvgIpc) is 2.15. The maximum atomic E-state index is 12.8. The number of nitrogens with two attached hydrogens (primary N) is 1. The molecule has 0 spiro atoms. The Morgan fingerprint density at radius 3 is 2.65 bits per heavy atom. The summed E-state index contributed by atoms with van der Waals surface area (Å²) in [5.74, 6) is -0.318. The Morgan fingerprint density at radius 1 is 1.47 bits per heavy atom. The number of benzene rings is 1. The molecule has 0 aliphatic carbocycles. The van der Waals surface area contributed by atoms with Gasteiger partial charge in [-0.1, -0.05) is 17.7 Å². The summed E-state index contributed by atoms with van der Waals surface area (Å²) in [5, 5.41) is 0.275. The van der Waals surface area contributed by atoms with E-state index in [9.17, 15) is 12.8 Å². The van der Waals surface area contributed by atoms with E-state index < -0.39 is 15.7 Å². The lowest BCUT2D eigenvalue weighted by atomic mass is 10.0. The Labute approximate surface area is 106 Å². The Morgan fingerprint density at radius 2 is 2.12 bits per heavy atom. The lowest BCUT2D eigenvalue weighted by molar-refractivity contribution is 0.587. The molecule has 96 valence electrons. The summed E-state index contributed by atoms with van der Waals surface area (Å²) in [6.45, 7) is 0. The molecule has 2 N–H and O–H groups in total. The lowest BCUT2D eigenvalue weighted by Gasteiger charge is -2.13. The molecule has 17 heavy (non-hydrogen) atoms. The lowest BCUT2D eigenvalue weighted by Crippen LogP contribution is -2.13. The molecule has 1 atom stereocenters. The molecule has 0 bridgehead atoms. The third-order valence-electron chi connectivity index (χ3n) is 2.39. The topological polar surface area (TPSA) is 60.2 Å². The van der Waals surface area contributed by atoms with E-state index in [4.69, 9.17) is 17.3 Å². The van der Waals surface area contributed by atoms with Crippen molar-refractivity contribution in [1.82, 2.24) is 0 Å². The Bertz CT molecular complexity index is 490. The zero-order chi connectivity index (χ0) is 13.1. The van der Waals surface area contributed by atoms with E-state index in [0.717, 1.165) is 0 Å². The van der Waals surface area contributed by atoms with Gasteiger partial charge in [0.1, 0.15) is 15.7 Å². The Hall–Kier alpha value is -0.650. The molecule has 0 aliphatic rings. The van der Waals surface area contributed by atoms with E-state index in [1.165, 1.54) is 24.5 Å². The minimum absolute atomic E-state index is 0.0967. The summed E-state index contributed by atoms with van der Waals surface area (Å²) >= 11 is 5.85. The van der Waals surface area contributed by atoms with Crippen LogP contribution >= 0.6 is 11.6 Å². The quantitative estimate of drug-likeness (QED) is 0.900. The second kappa shape index (κ2) is 5.80. The highest BCUT2D eigenvalue weighted by molar-refractivity contribution is 7.90. The van der Waals surface area contributed by atoms with Crippen LogP contribution in [0.2, 0.25) is 5.02 Å². The van der Waals surface area contributed by atoms with Gasteiger partial charge >= 0.3 is 0 Å². The molecular formula is C11H15ClFNO2S. The average molecular weight is 280 g/mol. The van der Waals surface area contributed by atoms with Gasteiger partial charge < -0.3 is 5.73 Å². The monoisotopic (exact) mass is 279 g/mol. The van der Waals surface area contributed by atoms with Crippen molar-refractivity contribution in [2.75, 3.05) is 12.0 Å². The molecule has 3 nitrogen and oxygen atoms in total. The van der Waals surface area contributed by atoms with Gasteiger partial charge in [-0.25, -0.2) is 12.8 Å². The van der Waals surface area contributed by atoms with Gasteiger partial charge in [0.15, 0.2) is 0 Å². The van der Waals surface area contributed by atoms with Crippen molar-refractivity contribution in [3.8, 4) is 0 Å². The van der Waals surface area contributed by atoms with Crippen LogP contribution in [0.3, 0.4) is 0 Å². The van der Waals surface area contributed by atoms with Crippen molar-refractivity contribution in [3.63, 3.8) is 0 Å². The van der Waals surface area contributed by atoms with Crippen LogP contribution in [0.5, 0.6) is 0 Å². The fraction of sp³-hybridized carbons (Fsp3) is 0.455. The van der Waals surface area contributed by atoms with Crippen LogP contribution in [0, 0.1) is 5.82 Å². The highest BCUT2D eigenvalue weighted by Gasteiger charge is 2.12. The van der Waals surface area contributed by atoms with Crippen LogP contribution in [0.25, 0.3) is 0 Å². The summed E-state index contributed by atoms with van der Waals surface area (Å²) in [6.07, 6.45) is 2.15. The molecule has 0 aliphatic heterocycles. The van der Waals surface area contributed by atoms with Crippen molar-refractivity contribution in [1.29, 1.82) is 0 Å². The molecule has 0 heterocycles. The van der Waals surface area contributed by atoms with Gasteiger partial charge in [-0.3, -0.25) is 0 Å². The third-order valence-corrected chi connectivity index (χ3v) is 3.75. The Balaban J connectivity index is 2.61. The van der Waals surface area contributed by atoms with Crippen LogP contribution in [0.15, 0.2) is 18.2 Å². The molecule has 0 radical (unpaired) electrons. The van der Waals surface area contributed by atoms with E-state index in [2.05, 4.69) is 0 Å². The van der Waals surface area contributed by atoms with Crippen molar-refractivity contribution in [3.05, 3.63) is 34.6 Å².